The van der Waals surface area contributed by atoms with Gasteiger partial charge in [-0.05, 0) is 17.4 Å². The molecule has 17 heavy (non-hydrogen) atoms. The van der Waals surface area contributed by atoms with Crippen molar-refractivity contribution in [2.24, 2.45) is 11.0 Å². The van der Waals surface area contributed by atoms with Gasteiger partial charge < -0.3 is 0 Å². The third kappa shape index (κ3) is 5.22. The highest BCUT2D eigenvalue weighted by Gasteiger charge is 2.21. The number of nitrogens with zero attached hydrogens (tertiary/aromatic N) is 1. The van der Waals surface area contributed by atoms with E-state index in [1.165, 1.54) is 7.05 Å². The first kappa shape index (κ1) is 14.7. The van der Waals surface area contributed by atoms with E-state index in [2.05, 4.69) is 16.3 Å². The molecule has 1 rings (SSSR count). The minimum atomic E-state index is -3.74. The Hall–Kier alpha value is -0.340. The molecule has 0 saturated carbocycles. The van der Waals surface area contributed by atoms with Crippen molar-refractivity contribution in [2.75, 3.05) is 7.05 Å². The van der Waals surface area contributed by atoms with Crippen molar-refractivity contribution >= 4 is 28.5 Å². The van der Waals surface area contributed by atoms with E-state index in [9.17, 15) is 8.42 Å². The van der Waals surface area contributed by atoms with Crippen LogP contribution in [0, 0.1) is 0 Å². The molecule has 1 aromatic carbocycles. The second-order valence-electron chi connectivity index (χ2n) is 3.55. The summed E-state index contributed by atoms with van der Waals surface area (Å²) in [5.41, 5.74) is 11.5. The summed E-state index contributed by atoms with van der Waals surface area (Å²) in [4.78, 5) is 0. The van der Waals surface area contributed by atoms with Crippen molar-refractivity contribution in [3.63, 3.8) is 0 Å². The zero-order chi connectivity index (χ0) is 13.1. The monoisotopic (exact) mass is 294 g/mol. The van der Waals surface area contributed by atoms with Crippen LogP contribution in [0.3, 0.4) is 0 Å². The minimum Gasteiger partial charge on any atom is -0.279 e. The minimum absolute atomic E-state index is 0.228. The van der Waals surface area contributed by atoms with Crippen LogP contribution in [0.25, 0.3) is 0 Å². The Morgan fingerprint density at radius 1 is 1.35 bits per heavy atom. The van der Waals surface area contributed by atoms with Gasteiger partial charge in [0.2, 0.25) is 0 Å². The van der Waals surface area contributed by atoms with Crippen molar-refractivity contribution in [1.29, 1.82) is 0 Å². The standard InChI is InChI=1S/C8H15N4O2PS2/c1-12(7-8-5-3-2-4-6-8)17(13,14)11-15(9,10)16/h2-6H,7H2,1H3,(H5,9,10,11,16). The molecule has 0 aromatic heterocycles. The summed E-state index contributed by atoms with van der Waals surface area (Å²) in [6, 6.07) is 9.18. The molecule has 0 saturated heterocycles. The lowest BCUT2D eigenvalue weighted by Crippen LogP contribution is -2.39. The predicted molar refractivity (Wildman–Crippen MR) is 72.6 cm³/mol. The van der Waals surface area contributed by atoms with Crippen LogP contribution in [0.1, 0.15) is 5.56 Å². The van der Waals surface area contributed by atoms with Crippen LogP contribution in [0.5, 0.6) is 0 Å². The Morgan fingerprint density at radius 2 is 1.88 bits per heavy atom. The second-order valence-corrected chi connectivity index (χ2v) is 9.08. The van der Waals surface area contributed by atoms with E-state index < -0.39 is 16.7 Å². The molecule has 0 fully saturated rings. The molecule has 0 amide bonds. The summed E-state index contributed by atoms with van der Waals surface area (Å²) >= 11 is 4.67. The summed E-state index contributed by atoms with van der Waals surface area (Å²) in [7, 11) is -2.31. The topological polar surface area (TPSA) is 101 Å². The number of hydrogen-bond acceptors (Lipinski definition) is 3. The Bertz CT molecular complexity index is 514. The first-order valence-corrected chi connectivity index (χ1v) is 9.05. The third-order valence-electron chi connectivity index (χ3n) is 1.92. The SMILES string of the molecule is CN(Cc1ccccc1)S(=O)(=O)NP(N)(N)=S. The van der Waals surface area contributed by atoms with E-state index in [1.807, 2.05) is 30.3 Å². The van der Waals surface area contributed by atoms with E-state index >= 15 is 0 Å². The van der Waals surface area contributed by atoms with Crippen LogP contribution in [-0.2, 0) is 28.6 Å². The van der Waals surface area contributed by atoms with Gasteiger partial charge in [-0.3, -0.25) is 11.0 Å². The first-order valence-electron chi connectivity index (χ1n) is 4.67. The van der Waals surface area contributed by atoms with Crippen molar-refractivity contribution in [1.82, 2.24) is 8.80 Å². The Morgan fingerprint density at radius 3 is 2.35 bits per heavy atom. The van der Waals surface area contributed by atoms with Gasteiger partial charge in [0.15, 0.2) is 0 Å². The van der Waals surface area contributed by atoms with E-state index in [4.69, 9.17) is 11.0 Å². The molecule has 0 heterocycles. The summed E-state index contributed by atoms with van der Waals surface area (Å²) < 4.78 is 26.7. The number of nitrogens with one attached hydrogen (secondary N) is 1. The molecule has 0 aliphatic heterocycles. The van der Waals surface area contributed by atoms with Gasteiger partial charge in [-0.1, -0.05) is 30.3 Å². The highest BCUT2D eigenvalue weighted by Crippen LogP contribution is 2.21. The van der Waals surface area contributed by atoms with E-state index in [-0.39, 0.29) is 6.54 Å². The quantitative estimate of drug-likeness (QED) is 0.668. The molecular weight excluding hydrogens is 279 g/mol. The molecule has 6 nitrogen and oxygen atoms in total. The van der Waals surface area contributed by atoms with Crippen LogP contribution < -0.4 is 15.5 Å². The van der Waals surface area contributed by atoms with Crippen LogP contribution >= 0.6 is 6.49 Å². The molecule has 0 radical (unpaired) electrons. The zero-order valence-corrected chi connectivity index (χ0v) is 11.8. The highest BCUT2D eigenvalue weighted by molar-refractivity contribution is 8.15. The fourth-order valence-corrected chi connectivity index (χ4v) is 4.34. The summed E-state index contributed by atoms with van der Waals surface area (Å²) in [6.07, 6.45) is 0. The Labute approximate surface area is 106 Å². The lowest BCUT2D eigenvalue weighted by Gasteiger charge is -2.20. The van der Waals surface area contributed by atoms with Gasteiger partial charge in [-0.2, -0.15) is 12.7 Å². The lowest BCUT2D eigenvalue weighted by atomic mass is 10.2. The lowest BCUT2D eigenvalue weighted by molar-refractivity contribution is 0.464. The predicted octanol–water partition coefficient (Wildman–Crippen LogP) is 0.0947. The molecule has 0 aliphatic rings. The van der Waals surface area contributed by atoms with Gasteiger partial charge in [-0.25, -0.2) is 0 Å². The third-order valence-corrected chi connectivity index (χ3v) is 5.60. The summed E-state index contributed by atoms with van der Waals surface area (Å²) in [6.45, 7) is -2.76. The van der Waals surface area contributed by atoms with E-state index in [1.54, 1.807) is 0 Å². The molecule has 96 valence electrons. The maximum Gasteiger partial charge on any atom is 0.285 e. The summed E-state index contributed by atoms with van der Waals surface area (Å²) in [5.74, 6) is 0. The van der Waals surface area contributed by atoms with Gasteiger partial charge >= 0.3 is 0 Å². The number of hydrogen-bond donors (Lipinski definition) is 3. The van der Waals surface area contributed by atoms with Crippen molar-refractivity contribution < 1.29 is 8.42 Å². The van der Waals surface area contributed by atoms with Crippen molar-refractivity contribution in [3.8, 4) is 0 Å². The fraction of sp³-hybridized carbons (Fsp3) is 0.250. The normalized spacial score (nSPS) is 12.9. The van der Waals surface area contributed by atoms with Gasteiger partial charge in [0.05, 0.1) is 0 Å². The molecule has 0 unspecified atom stereocenters. The van der Waals surface area contributed by atoms with Crippen LogP contribution in [0.15, 0.2) is 30.3 Å². The Kier molecular flexibility index (Phi) is 4.79. The number of benzene rings is 1. The zero-order valence-electron chi connectivity index (χ0n) is 9.28. The molecule has 0 spiro atoms. The number of nitrogens with two attached hydrogens (primary N) is 2. The average Bonchev–Trinajstić information content (AvgIpc) is 2.15. The van der Waals surface area contributed by atoms with Crippen molar-refractivity contribution in [2.45, 2.75) is 6.54 Å². The molecule has 0 atom stereocenters. The smallest absolute Gasteiger partial charge is 0.279 e. The highest BCUT2D eigenvalue weighted by atomic mass is 32.5. The van der Waals surface area contributed by atoms with Gasteiger partial charge in [0, 0.05) is 13.6 Å². The maximum atomic E-state index is 11.8. The molecule has 9 heteroatoms. The van der Waals surface area contributed by atoms with Crippen LogP contribution in [0.4, 0.5) is 0 Å². The molecule has 0 bridgehead atoms. The summed E-state index contributed by atoms with van der Waals surface area (Å²) in [5, 5.41) is 0. The van der Waals surface area contributed by atoms with Crippen molar-refractivity contribution in [3.05, 3.63) is 35.9 Å². The van der Waals surface area contributed by atoms with Gasteiger partial charge in [-0.15, -0.1) is 4.49 Å². The van der Waals surface area contributed by atoms with E-state index in [0.717, 1.165) is 9.87 Å². The van der Waals surface area contributed by atoms with E-state index in [0.29, 0.717) is 0 Å². The molecule has 5 N–H and O–H groups in total. The Balaban J connectivity index is 2.77. The fourth-order valence-electron chi connectivity index (χ4n) is 1.18. The number of rotatable bonds is 5. The molecule has 1 aromatic rings. The largest absolute Gasteiger partial charge is 0.285 e. The first-order chi connectivity index (χ1) is 7.71. The average molecular weight is 294 g/mol. The molecule has 0 aliphatic carbocycles. The maximum absolute atomic E-state index is 11.8. The molecular formula is C8H15N4O2PS2. The van der Waals surface area contributed by atoms with Crippen LogP contribution in [-0.4, -0.2) is 19.8 Å². The van der Waals surface area contributed by atoms with Gasteiger partial charge in [0.25, 0.3) is 10.2 Å². The van der Waals surface area contributed by atoms with Crippen LogP contribution in [0.2, 0.25) is 0 Å². The van der Waals surface area contributed by atoms with Gasteiger partial charge in [0.1, 0.15) is 6.49 Å². The second kappa shape index (κ2) is 5.53.